The Morgan fingerprint density at radius 3 is 2.89 bits per heavy atom. The van der Waals surface area contributed by atoms with Crippen molar-refractivity contribution in [1.29, 1.82) is 0 Å². The number of imidazole rings is 1. The number of nitrogen functional groups attached to an aromatic ring is 1. The number of nitrogens with one attached hydrogen (secondary N) is 1. The highest BCUT2D eigenvalue weighted by atomic mass is 16.7. The van der Waals surface area contributed by atoms with E-state index in [1.807, 2.05) is 36.4 Å². The standard InChI is InChI=1S/C14H11N3O2/c15-9-2-3-10-11(6-9)17-14(16-10)8-1-4-12-13(5-8)19-7-18-12/h1-6H,7,15H2,(H,16,17). The van der Waals surface area contributed by atoms with Crippen molar-refractivity contribution in [2.45, 2.75) is 0 Å². The molecule has 3 aromatic rings. The summed E-state index contributed by atoms with van der Waals surface area (Å²) in [6, 6.07) is 11.4. The number of hydrogen-bond acceptors (Lipinski definition) is 4. The smallest absolute Gasteiger partial charge is 0.231 e. The lowest BCUT2D eigenvalue weighted by atomic mass is 10.2. The lowest BCUT2D eigenvalue weighted by Crippen LogP contribution is -1.92. The normalized spacial score (nSPS) is 13.1. The molecule has 0 fully saturated rings. The molecule has 1 aliphatic heterocycles. The topological polar surface area (TPSA) is 73.2 Å². The van der Waals surface area contributed by atoms with Crippen LogP contribution in [0.5, 0.6) is 11.5 Å². The van der Waals surface area contributed by atoms with E-state index >= 15 is 0 Å². The minimum absolute atomic E-state index is 0.273. The first kappa shape index (κ1) is 10.3. The zero-order valence-corrected chi connectivity index (χ0v) is 10.0. The first-order valence-electron chi connectivity index (χ1n) is 5.95. The number of ether oxygens (including phenoxy) is 2. The highest BCUT2D eigenvalue weighted by Crippen LogP contribution is 2.35. The highest BCUT2D eigenvalue weighted by molar-refractivity contribution is 5.82. The molecule has 2 heterocycles. The number of benzene rings is 2. The maximum absolute atomic E-state index is 5.76. The molecule has 5 heteroatoms. The Bertz CT molecular complexity index is 779. The van der Waals surface area contributed by atoms with E-state index in [4.69, 9.17) is 15.2 Å². The summed E-state index contributed by atoms with van der Waals surface area (Å²) in [6.45, 7) is 0.273. The summed E-state index contributed by atoms with van der Waals surface area (Å²) >= 11 is 0. The van der Waals surface area contributed by atoms with Gasteiger partial charge in [-0.15, -0.1) is 0 Å². The number of anilines is 1. The van der Waals surface area contributed by atoms with Crippen LogP contribution < -0.4 is 15.2 Å². The predicted octanol–water partition coefficient (Wildman–Crippen LogP) is 2.54. The van der Waals surface area contributed by atoms with E-state index in [0.717, 1.165) is 33.9 Å². The average Bonchev–Trinajstić information content (AvgIpc) is 3.02. The molecular formula is C14H11N3O2. The number of aromatic amines is 1. The van der Waals surface area contributed by atoms with Gasteiger partial charge < -0.3 is 20.2 Å². The molecule has 0 bridgehead atoms. The van der Waals surface area contributed by atoms with E-state index in [9.17, 15) is 0 Å². The van der Waals surface area contributed by atoms with Crippen LogP contribution in [0.1, 0.15) is 0 Å². The Kier molecular flexibility index (Phi) is 1.97. The molecule has 1 aromatic heterocycles. The largest absolute Gasteiger partial charge is 0.454 e. The number of fused-ring (bicyclic) bond motifs is 2. The van der Waals surface area contributed by atoms with Gasteiger partial charge in [0.2, 0.25) is 6.79 Å². The number of rotatable bonds is 1. The third-order valence-electron chi connectivity index (χ3n) is 3.15. The van der Waals surface area contributed by atoms with E-state index in [-0.39, 0.29) is 6.79 Å². The van der Waals surface area contributed by atoms with Gasteiger partial charge in [-0.2, -0.15) is 0 Å². The van der Waals surface area contributed by atoms with Gasteiger partial charge in [0.15, 0.2) is 11.5 Å². The van der Waals surface area contributed by atoms with Crippen LogP contribution in [0.4, 0.5) is 5.69 Å². The minimum atomic E-state index is 0.273. The fourth-order valence-electron chi connectivity index (χ4n) is 2.20. The van der Waals surface area contributed by atoms with Gasteiger partial charge in [-0.3, -0.25) is 0 Å². The summed E-state index contributed by atoms with van der Waals surface area (Å²) in [5.41, 5.74) is 9.23. The van der Waals surface area contributed by atoms with Gasteiger partial charge in [-0.05, 0) is 36.4 Å². The number of aromatic nitrogens is 2. The van der Waals surface area contributed by atoms with Gasteiger partial charge >= 0.3 is 0 Å². The molecule has 4 rings (SSSR count). The van der Waals surface area contributed by atoms with E-state index in [1.165, 1.54) is 0 Å². The first-order valence-corrected chi connectivity index (χ1v) is 5.95. The van der Waals surface area contributed by atoms with Crippen molar-refractivity contribution in [1.82, 2.24) is 9.97 Å². The van der Waals surface area contributed by atoms with Crippen molar-refractivity contribution >= 4 is 16.7 Å². The summed E-state index contributed by atoms with van der Waals surface area (Å²) in [4.78, 5) is 7.80. The summed E-state index contributed by atoms with van der Waals surface area (Å²) in [5.74, 6) is 2.31. The SMILES string of the molecule is Nc1ccc2[nH]c(-c3ccc4c(c3)OCO4)nc2c1. The minimum Gasteiger partial charge on any atom is -0.454 e. The number of hydrogen-bond donors (Lipinski definition) is 2. The van der Waals surface area contributed by atoms with Gasteiger partial charge in [-0.1, -0.05) is 0 Å². The van der Waals surface area contributed by atoms with Gasteiger partial charge in [0.25, 0.3) is 0 Å². The Balaban J connectivity index is 1.85. The van der Waals surface area contributed by atoms with Crippen molar-refractivity contribution in [3.63, 3.8) is 0 Å². The lowest BCUT2D eigenvalue weighted by Gasteiger charge is -1.99. The third kappa shape index (κ3) is 1.59. The summed E-state index contributed by atoms with van der Waals surface area (Å²) < 4.78 is 10.7. The molecule has 3 N–H and O–H groups in total. The number of H-pyrrole nitrogens is 1. The van der Waals surface area contributed by atoms with Crippen LogP contribution in [-0.2, 0) is 0 Å². The van der Waals surface area contributed by atoms with Crippen LogP contribution in [0.15, 0.2) is 36.4 Å². The van der Waals surface area contributed by atoms with Crippen molar-refractivity contribution < 1.29 is 9.47 Å². The molecule has 94 valence electrons. The Morgan fingerprint density at radius 1 is 1.05 bits per heavy atom. The quantitative estimate of drug-likeness (QED) is 0.654. The predicted molar refractivity (Wildman–Crippen MR) is 72.1 cm³/mol. The van der Waals surface area contributed by atoms with Crippen LogP contribution in [0.25, 0.3) is 22.4 Å². The average molecular weight is 253 g/mol. The second kappa shape index (κ2) is 3.65. The Hall–Kier alpha value is -2.69. The summed E-state index contributed by atoms with van der Waals surface area (Å²) in [5, 5.41) is 0. The van der Waals surface area contributed by atoms with Crippen molar-refractivity contribution in [3.05, 3.63) is 36.4 Å². The van der Waals surface area contributed by atoms with Gasteiger partial charge in [0, 0.05) is 11.3 Å². The van der Waals surface area contributed by atoms with Gasteiger partial charge in [0.05, 0.1) is 11.0 Å². The number of nitrogens with two attached hydrogens (primary N) is 1. The fourth-order valence-corrected chi connectivity index (χ4v) is 2.20. The van der Waals surface area contributed by atoms with E-state index in [0.29, 0.717) is 5.69 Å². The van der Waals surface area contributed by atoms with E-state index in [2.05, 4.69) is 9.97 Å². The van der Waals surface area contributed by atoms with Crippen molar-refractivity contribution in [2.75, 3.05) is 12.5 Å². The van der Waals surface area contributed by atoms with Crippen LogP contribution in [0.2, 0.25) is 0 Å². The molecule has 19 heavy (non-hydrogen) atoms. The number of nitrogens with zero attached hydrogens (tertiary/aromatic N) is 1. The van der Waals surface area contributed by atoms with Crippen LogP contribution in [0, 0.1) is 0 Å². The zero-order valence-electron chi connectivity index (χ0n) is 10.0. The summed E-state index contributed by atoms with van der Waals surface area (Å²) in [7, 11) is 0. The first-order chi connectivity index (χ1) is 9.29. The second-order valence-electron chi connectivity index (χ2n) is 4.43. The Morgan fingerprint density at radius 2 is 1.95 bits per heavy atom. The monoisotopic (exact) mass is 253 g/mol. The molecular weight excluding hydrogens is 242 g/mol. The molecule has 2 aromatic carbocycles. The molecule has 0 saturated carbocycles. The molecule has 0 aliphatic carbocycles. The fraction of sp³-hybridized carbons (Fsp3) is 0.0714. The van der Waals surface area contributed by atoms with E-state index in [1.54, 1.807) is 0 Å². The maximum atomic E-state index is 5.76. The molecule has 0 amide bonds. The van der Waals surface area contributed by atoms with E-state index < -0.39 is 0 Å². The lowest BCUT2D eigenvalue weighted by molar-refractivity contribution is 0.174. The van der Waals surface area contributed by atoms with Crippen LogP contribution in [-0.4, -0.2) is 16.8 Å². The molecule has 0 unspecified atom stereocenters. The third-order valence-corrected chi connectivity index (χ3v) is 3.15. The molecule has 0 atom stereocenters. The molecule has 1 aliphatic rings. The van der Waals surface area contributed by atoms with Crippen molar-refractivity contribution in [3.8, 4) is 22.9 Å². The zero-order chi connectivity index (χ0) is 12.8. The molecule has 5 nitrogen and oxygen atoms in total. The highest BCUT2D eigenvalue weighted by Gasteiger charge is 2.15. The van der Waals surface area contributed by atoms with Gasteiger partial charge in [-0.25, -0.2) is 4.98 Å². The van der Waals surface area contributed by atoms with Crippen LogP contribution >= 0.6 is 0 Å². The maximum Gasteiger partial charge on any atom is 0.231 e. The summed E-state index contributed by atoms with van der Waals surface area (Å²) in [6.07, 6.45) is 0. The molecule has 0 saturated heterocycles. The Labute approximate surface area is 109 Å². The van der Waals surface area contributed by atoms with Gasteiger partial charge in [0.1, 0.15) is 5.82 Å². The van der Waals surface area contributed by atoms with Crippen LogP contribution in [0.3, 0.4) is 0 Å². The molecule has 0 spiro atoms. The van der Waals surface area contributed by atoms with Crippen molar-refractivity contribution in [2.24, 2.45) is 0 Å². The molecule has 0 radical (unpaired) electrons. The second-order valence-corrected chi connectivity index (χ2v) is 4.43.